The van der Waals surface area contributed by atoms with Gasteiger partial charge < -0.3 is 15.2 Å². The molecule has 0 radical (unpaired) electrons. The summed E-state index contributed by atoms with van der Waals surface area (Å²) in [6.07, 6.45) is 4.51. The average molecular weight is 183 g/mol. The second-order valence-electron chi connectivity index (χ2n) is 3.97. The maximum Gasteiger partial charge on any atom is 0.104 e. The fraction of sp³-hybridized carbons (Fsp3) is 0.800. The Labute approximate surface area is 78.8 Å². The molecule has 3 heteroatoms. The fourth-order valence-corrected chi connectivity index (χ4v) is 2.21. The molecular weight excluding hydrogens is 166 g/mol. The van der Waals surface area contributed by atoms with E-state index >= 15 is 0 Å². The van der Waals surface area contributed by atoms with Crippen LogP contribution in [0.1, 0.15) is 26.2 Å². The molecule has 0 aromatic carbocycles. The van der Waals surface area contributed by atoms with Crippen molar-refractivity contribution in [2.24, 2.45) is 0 Å². The van der Waals surface area contributed by atoms with Crippen molar-refractivity contribution in [1.82, 2.24) is 5.32 Å². The largest absolute Gasteiger partial charge is 0.501 e. The molecule has 3 nitrogen and oxygen atoms in total. The molecule has 13 heavy (non-hydrogen) atoms. The van der Waals surface area contributed by atoms with E-state index in [2.05, 4.69) is 5.32 Å². The Morgan fingerprint density at radius 2 is 2.54 bits per heavy atom. The maximum absolute atomic E-state index is 10.4. The van der Waals surface area contributed by atoms with Gasteiger partial charge >= 0.3 is 0 Å². The van der Waals surface area contributed by atoms with Crippen molar-refractivity contribution in [2.45, 2.75) is 37.8 Å². The van der Waals surface area contributed by atoms with Crippen LogP contribution in [0.3, 0.4) is 0 Å². The van der Waals surface area contributed by atoms with Gasteiger partial charge in [-0.3, -0.25) is 0 Å². The zero-order valence-electron chi connectivity index (χ0n) is 8.05. The molecule has 0 amide bonds. The molecule has 74 valence electrons. The van der Waals surface area contributed by atoms with E-state index in [1.807, 2.05) is 6.92 Å². The van der Waals surface area contributed by atoms with Gasteiger partial charge in [-0.2, -0.15) is 0 Å². The van der Waals surface area contributed by atoms with E-state index < -0.39 is 5.60 Å². The summed E-state index contributed by atoms with van der Waals surface area (Å²) in [5, 5.41) is 13.7. The number of nitrogens with one attached hydrogen (secondary N) is 1. The minimum Gasteiger partial charge on any atom is -0.501 e. The molecule has 2 aliphatic rings. The Balaban J connectivity index is 2.16. The molecule has 2 unspecified atom stereocenters. The molecule has 0 saturated carbocycles. The molecule has 0 aromatic heterocycles. The molecule has 1 fully saturated rings. The van der Waals surface area contributed by atoms with Crippen molar-refractivity contribution in [3.63, 3.8) is 0 Å². The van der Waals surface area contributed by atoms with Crippen LogP contribution in [-0.2, 0) is 4.74 Å². The highest BCUT2D eigenvalue weighted by Crippen LogP contribution is 2.33. The third-order valence-electron chi connectivity index (χ3n) is 3.17. The third kappa shape index (κ3) is 1.46. The molecule has 2 N–H and O–H groups in total. The molecule has 0 aliphatic carbocycles. The Bertz CT molecular complexity index is 227. The predicted octanol–water partition coefficient (Wildman–Crippen LogP) is 0.794. The molecule has 0 aromatic rings. The number of hydrogen-bond acceptors (Lipinski definition) is 3. The average Bonchev–Trinajstić information content (AvgIpc) is 2.63. The molecule has 2 aliphatic heterocycles. The van der Waals surface area contributed by atoms with Crippen LogP contribution < -0.4 is 5.32 Å². The van der Waals surface area contributed by atoms with E-state index in [1.165, 1.54) is 0 Å². The highest BCUT2D eigenvalue weighted by molar-refractivity contribution is 5.21. The topological polar surface area (TPSA) is 41.5 Å². The number of piperidine rings is 1. The van der Waals surface area contributed by atoms with Crippen molar-refractivity contribution >= 4 is 0 Å². The SMILES string of the molecule is CC1NCCCC1(O)C1=COCC1. The van der Waals surface area contributed by atoms with E-state index in [0.29, 0.717) is 0 Å². The predicted molar refractivity (Wildman–Crippen MR) is 50.3 cm³/mol. The first-order valence-corrected chi connectivity index (χ1v) is 5.00. The summed E-state index contributed by atoms with van der Waals surface area (Å²) in [6.45, 7) is 3.78. The fourth-order valence-electron chi connectivity index (χ4n) is 2.21. The summed E-state index contributed by atoms with van der Waals surface area (Å²) in [4.78, 5) is 0. The van der Waals surface area contributed by atoms with Gasteiger partial charge in [0.1, 0.15) is 5.60 Å². The summed E-state index contributed by atoms with van der Waals surface area (Å²) >= 11 is 0. The summed E-state index contributed by atoms with van der Waals surface area (Å²) < 4.78 is 5.17. The molecule has 2 heterocycles. The normalized spacial score (nSPS) is 39.8. The molecule has 0 spiro atoms. The van der Waals surface area contributed by atoms with Gasteiger partial charge in [-0.25, -0.2) is 0 Å². The van der Waals surface area contributed by atoms with Crippen molar-refractivity contribution in [1.29, 1.82) is 0 Å². The summed E-state index contributed by atoms with van der Waals surface area (Å²) in [5.41, 5.74) is 0.404. The number of hydrogen-bond donors (Lipinski definition) is 2. The molecule has 1 saturated heterocycles. The first-order valence-electron chi connectivity index (χ1n) is 5.00. The molecular formula is C10H17NO2. The lowest BCUT2D eigenvalue weighted by molar-refractivity contribution is 0.0150. The maximum atomic E-state index is 10.4. The van der Waals surface area contributed by atoms with Crippen molar-refractivity contribution in [2.75, 3.05) is 13.2 Å². The first kappa shape index (κ1) is 9.03. The smallest absolute Gasteiger partial charge is 0.104 e. The molecule has 0 bridgehead atoms. The highest BCUT2D eigenvalue weighted by atomic mass is 16.5. The van der Waals surface area contributed by atoms with Gasteiger partial charge in [0.25, 0.3) is 0 Å². The van der Waals surface area contributed by atoms with E-state index in [4.69, 9.17) is 4.74 Å². The van der Waals surface area contributed by atoms with Gasteiger partial charge in [0.15, 0.2) is 0 Å². The van der Waals surface area contributed by atoms with Gasteiger partial charge in [0.2, 0.25) is 0 Å². The second kappa shape index (κ2) is 3.31. The lowest BCUT2D eigenvalue weighted by Gasteiger charge is -2.39. The zero-order valence-corrected chi connectivity index (χ0v) is 8.05. The Morgan fingerprint density at radius 3 is 3.15 bits per heavy atom. The monoisotopic (exact) mass is 183 g/mol. The summed E-state index contributed by atoms with van der Waals surface area (Å²) in [5.74, 6) is 0. The third-order valence-corrected chi connectivity index (χ3v) is 3.17. The van der Waals surface area contributed by atoms with Gasteiger partial charge in [-0.1, -0.05) is 0 Å². The Morgan fingerprint density at radius 1 is 1.69 bits per heavy atom. The number of ether oxygens (including phenoxy) is 1. The van der Waals surface area contributed by atoms with Crippen molar-refractivity contribution in [3.8, 4) is 0 Å². The quantitative estimate of drug-likeness (QED) is 0.631. The van der Waals surface area contributed by atoms with Gasteiger partial charge in [0.05, 0.1) is 12.9 Å². The zero-order chi connectivity index (χ0) is 9.31. The van der Waals surface area contributed by atoms with E-state index in [-0.39, 0.29) is 6.04 Å². The van der Waals surface area contributed by atoms with E-state index in [1.54, 1.807) is 6.26 Å². The van der Waals surface area contributed by atoms with Crippen LogP contribution in [0.4, 0.5) is 0 Å². The summed E-state index contributed by atoms with van der Waals surface area (Å²) in [7, 11) is 0. The lowest BCUT2D eigenvalue weighted by atomic mass is 9.80. The highest BCUT2D eigenvalue weighted by Gasteiger charge is 2.40. The Kier molecular flexibility index (Phi) is 2.30. The van der Waals surface area contributed by atoms with Gasteiger partial charge in [0, 0.05) is 18.0 Å². The van der Waals surface area contributed by atoms with E-state index in [0.717, 1.165) is 38.0 Å². The van der Waals surface area contributed by atoms with E-state index in [9.17, 15) is 5.11 Å². The van der Waals surface area contributed by atoms with Crippen LogP contribution in [0.2, 0.25) is 0 Å². The second-order valence-corrected chi connectivity index (χ2v) is 3.97. The minimum absolute atomic E-state index is 0.147. The van der Waals surface area contributed by atoms with Crippen LogP contribution in [0.25, 0.3) is 0 Å². The lowest BCUT2D eigenvalue weighted by Crippen LogP contribution is -2.54. The van der Waals surface area contributed by atoms with Crippen LogP contribution in [0.15, 0.2) is 11.8 Å². The molecule has 2 atom stereocenters. The molecule has 2 rings (SSSR count). The number of aliphatic hydroxyl groups is 1. The summed E-state index contributed by atoms with van der Waals surface area (Å²) in [6, 6.07) is 0.147. The van der Waals surface area contributed by atoms with Crippen LogP contribution in [-0.4, -0.2) is 29.9 Å². The van der Waals surface area contributed by atoms with Crippen LogP contribution in [0, 0.1) is 0 Å². The standard InChI is InChI=1S/C10H17NO2/c1-8-10(12,4-2-5-11-8)9-3-6-13-7-9/h7-8,11-12H,2-6H2,1H3. The van der Waals surface area contributed by atoms with Crippen LogP contribution in [0.5, 0.6) is 0 Å². The van der Waals surface area contributed by atoms with Gasteiger partial charge in [-0.05, 0) is 26.3 Å². The first-order chi connectivity index (χ1) is 6.23. The van der Waals surface area contributed by atoms with Gasteiger partial charge in [-0.15, -0.1) is 0 Å². The van der Waals surface area contributed by atoms with Crippen molar-refractivity contribution < 1.29 is 9.84 Å². The minimum atomic E-state index is -0.658. The number of rotatable bonds is 1. The van der Waals surface area contributed by atoms with Crippen molar-refractivity contribution in [3.05, 3.63) is 11.8 Å². The van der Waals surface area contributed by atoms with Crippen LogP contribution >= 0.6 is 0 Å². The Hall–Kier alpha value is -0.540.